The van der Waals surface area contributed by atoms with Gasteiger partial charge >= 0.3 is 5.97 Å². The van der Waals surface area contributed by atoms with Gasteiger partial charge in [0.15, 0.2) is 11.5 Å². The van der Waals surface area contributed by atoms with E-state index in [-0.39, 0.29) is 11.6 Å². The largest absolute Gasteiger partial charge is 0.490 e. The van der Waals surface area contributed by atoms with Gasteiger partial charge in [-0.3, -0.25) is 0 Å². The van der Waals surface area contributed by atoms with Crippen LogP contribution in [-0.4, -0.2) is 17.6 Å². The number of benzene rings is 2. The summed E-state index contributed by atoms with van der Waals surface area (Å²) < 4.78 is 24.0. The zero-order valence-electron chi connectivity index (χ0n) is 14.7. The number of rotatable bonds is 5. The zero-order valence-corrected chi connectivity index (χ0v) is 15.5. The van der Waals surface area contributed by atoms with Crippen molar-refractivity contribution in [3.05, 3.63) is 64.4 Å². The van der Waals surface area contributed by atoms with Crippen molar-refractivity contribution in [2.45, 2.75) is 13.8 Å². The fourth-order valence-electron chi connectivity index (χ4n) is 2.38. The molecule has 0 unspecified atom stereocenters. The summed E-state index contributed by atoms with van der Waals surface area (Å²) in [6, 6.07) is 12.5. The molecule has 0 radical (unpaired) electrons. The Morgan fingerprint density at radius 3 is 2.63 bits per heavy atom. The normalized spacial score (nSPS) is 10.3. The molecule has 0 amide bonds. The van der Waals surface area contributed by atoms with Gasteiger partial charge in [-0.15, -0.1) is 11.3 Å². The Hall–Kier alpha value is -3.24. The topological polar surface area (TPSA) is 72.2 Å². The zero-order chi connectivity index (χ0) is 19.4. The number of hydrogen-bond acceptors (Lipinski definition) is 6. The summed E-state index contributed by atoms with van der Waals surface area (Å²) >= 11 is 1.17. The van der Waals surface area contributed by atoms with E-state index in [1.165, 1.54) is 35.6 Å². The quantitative estimate of drug-likeness (QED) is 0.470. The fraction of sp³-hybridized carbons (Fsp3) is 0.150. The van der Waals surface area contributed by atoms with E-state index in [4.69, 9.17) is 14.7 Å². The van der Waals surface area contributed by atoms with E-state index in [1.807, 2.05) is 6.07 Å². The van der Waals surface area contributed by atoms with Crippen LogP contribution < -0.4 is 9.47 Å². The molecule has 0 aliphatic carbocycles. The van der Waals surface area contributed by atoms with E-state index in [9.17, 15) is 9.18 Å². The number of nitrogens with zero attached hydrogens (tertiary/aromatic N) is 2. The smallest absolute Gasteiger partial charge is 0.355 e. The maximum atomic E-state index is 13.1. The molecule has 5 nitrogen and oxygen atoms in total. The molecule has 0 bridgehead atoms. The van der Waals surface area contributed by atoms with Crippen molar-refractivity contribution in [2.75, 3.05) is 6.61 Å². The number of hydrogen-bond donors (Lipinski definition) is 0. The highest BCUT2D eigenvalue weighted by atomic mass is 32.1. The molecule has 0 atom stereocenters. The Morgan fingerprint density at radius 1 is 1.22 bits per heavy atom. The Bertz CT molecular complexity index is 1020. The van der Waals surface area contributed by atoms with Crippen molar-refractivity contribution >= 4 is 17.3 Å². The van der Waals surface area contributed by atoms with Crippen LogP contribution in [0.1, 0.15) is 27.9 Å². The van der Waals surface area contributed by atoms with Crippen molar-refractivity contribution in [1.29, 1.82) is 5.26 Å². The third kappa shape index (κ3) is 4.13. The number of carbonyl (C=O) groups excluding carboxylic acids is 1. The van der Waals surface area contributed by atoms with E-state index >= 15 is 0 Å². The third-order valence-electron chi connectivity index (χ3n) is 3.65. The molecule has 0 aliphatic heterocycles. The second kappa shape index (κ2) is 7.98. The average molecular weight is 382 g/mol. The predicted octanol–water partition coefficient (Wildman–Crippen LogP) is 4.75. The van der Waals surface area contributed by atoms with E-state index in [0.29, 0.717) is 33.5 Å². The van der Waals surface area contributed by atoms with Crippen LogP contribution in [0, 0.1) is 24.1 Å². The van der Waals surface area contributed by atoms with Crippen LogP contribution >= 0.6 is 11.3 Å². The molecule has 0 aliphatic rings. The number of ether oxygens (including phenoxy) is 2. The summed E-state index contributed by atoms with van der Waals surface area (Å²) in [6.45, 7) is 3.88. The number of nitriles is 1. The molecule has 0 spiro atoms. The second-order valence-corrected chi connectivity index (χ2v) is 6.54. The molecule has 0 saturated heterocycles. The molecule has 2 aromatic carbocycles. The summed E-state index contributed by atoms with van der Waals surface area (Å²) in [5, 5.41) is 9.60. The van der Waals surface area contributed by atoms with Crippen molar-refractivity contribution < 1.29 is 18.7 Å². The Balaban J connectivity index is 1.87. The first-order valence-electron chi connectivity index (χ1n) is 8.14. The van der Waals surface area contributed by atoms with E-state index in [1.54, 1.807) is 32.0 Å². The van der Waals surface area contributed by atoms with Crippen LogP contribution in [-0.2, 0) is 0 Å². The molecule has 0 fully saturated rings. The summed E-state index contributed by atoms with van der Waals surface area (Å²) in [5.41, 5.74) is 1.65. The van der Waals surface area contributed by atoms with Gasteiger partial charge in [-0.1, -0.05) is 0 Å². The molecule has 27 heavy (non-hydrogen) atoms. The number of thiazole rings is 1. The minimum Gasteiger partial charge on any atom is -0.490 e. The first-order chi connectivity index (χ1) is 13.0. The molecule has 0 N–H and O–H groups in total. The van der Waals surface area contributed by atoms with Gasteiger partial charge in [0.05, 0.1) is 23.9 Å². The van der Waals surface area contributed by atoms with Gasteiger partial charge < -0.3 is 9.47 Å². The van der Waals surface area contributed by atoms with Crippen molar-refractivity contribution in [2.24, 2.45) is 0 Å². The molecular weight excluding hydrogens is 367 g/mol. The van der Waals surface area contributed by atoms with Crippen LogP contribution in [0.5, 0.6) is 11.5 Å². The van der Waals surface area contributed by atoms with Gasteiger partial charge in [-0.25, -0.2) is 14.2 Å². The molecule has 136 valence electrons. The molecule has 7 heteroatoms. The van der Waals surface area contributed by atoms with Crippen LogP contribution in [0.25, 0.3) is 10.6 Å². The van der Waals surface area contributed by atoms with Crippen LogP contribution in [0.15, 0.2) is 42.5 Å². The molecule has 1 aromatic heterocycles. The number of carbonyl (C=O) groups is 1. The maximum Gasteiger partial charge on any atom is 0.355 e. The summed E-state index contributed by atoms with van der Waals surface area (Å²) in [6.07, 6.45) is 0. The first kappa shape index (κ1) is 18.5. The van der Waals surface area contributed by atoms with Gasteiger partial charge in [-0.2, -0.15) is 5.26 Å². The number of aromatic nitrogens is 1. The highest BCUT2D eigenvalue weighted by molar-refractivity contribution is 7.17. The lowest BCUT2D eigenvalue weighted by molar-refractivity contribution is 0.0732. The van der Waals surface area contributed by atoms with Gasteiger partial charge in [0.2, 0.25) is 0 Å². The maximum absolute atomic E-state index is 13.1. The van der Waals surface area contributed by atoms with Crippen molar-refractivity contribution in [3.8, 4) is 28.1 Å². The standard InChI is InChI=1S/C20H15FN2O3S/c1-3-25-17-10-13(11-22)4-9-16(17)26-20(24)18-12(2)23-19(27-18)14-5-7-15(21)8-6-14/h4-10H,3H2,1-2H3. The second-order valence-electron chi connectivity index (χ2n) is 5.54. The molecule has 0 saturated carbocycles. The van der Waals surface area contributed by atoms with Crippen molar-refractivity contribution in [1.82, 2.24) is 4.98 Å². The van der Waals surface area contributed by atoms with Crippen LogP contribution in [0.4, 0.5) is 4.39 Å². The van der Waals surface area contributed by atoms with Gasteiger partial charge in [0, 0.05) is 11.6 Å². The SMILES string of the molecule is CCOc1cc(C#N)ccc1OC(=O)c1sc(-c2ccc(F)cc2)nc1C. The summed E-state index contributed by atoms with van der Waals surface area (Å²) in [5.74, 6) is -0.345. The summed E-state index contributed by atoms with van der Waals surface area (Å²) in [7, 11) is 0. The van der Waals surface area contributed by atoms with Gasteiger partial charge in [0.25, 0.3) is 0 Å². The van der Waals surface area contributed by atoms with Crippen LogP contribution in [0.2, 0.25) is 0 Å². The Kier molecular flexibility index (Phi) is 5.48. The van der Waals surface area contributed by atoms with Gasteiger partial charge in [0.1, 0.15) is 15.7 Å². The molecule has 1 heterocycles. The van der Waals surface area contributed by atoms with Gasteiger partial charge in [-0.05, 0) is 50.2 Å². The number of esters is 1. The lowest BCUT2D eigenvalue weighted by Crippen LogP contribution is -2.09. The van der Waals surface area contributed by atoms with Crippen LogP contribution in [0.3, 0.4) is 0 Å². The Morgan fingerprint density at radius 2 is 1.96 bits per heavy atom. The molecule has 3 aromatic rings. The summed E-state index contributed by atoms with van der Waals surface area (Å²) in [4.78, 5) is 17.3. The van der Waals surface area contributed by atoms with E-state index in [0.717, 1.165) is 5.56 Å². The predicted molar refractivity (Wildman–Crippen MR) is 99.5 cm³/mol. The highest BCUT2D eigenvalue weighted by Crippen LogP contribution is 2.32. The minimum absolute atomic E-state index is 0.233. The fourth-order valence-corrected chi connectivity index (χ4v) is 3.33. The Labute approximate surface area is 159 Å². The lowest BCUT2D eigenvalue weighted by Gasteiger charge is -2.10. The van der Waals surface area contributed by atoms with E-state index in [2.05, 4.69) is 4.98 Å². The number of halogens is 1. The number of aryl methyl sites for hydroxylation is 1. The first-order valence-corrected chi connectivity index (χ1v) is 8.96. The molecule has 3 rings (SSSR count). The third-order valence-corrected chi connectivity index (χ3v) is 4.84. The average Bonchev–Trinajstić information content (AvgIpc) is 3.05. The monoisotopic (exact) mass is 382 g/mol. The van der Waals surface area contributed by atoms with Crippen molar-refractivity contribution in [3.63, 3.8) is 0 Å². The lowest BCUT2D eigenvalue weighted by atomic mass is 10.2. The minimum atomic E-state index is -0.566. The molecular formula is C20H15FN2O3S. The van der Waals surface area contributed by atoms with E-state index < -0.39 is 5.97 Å². The highest BCUT2D eigenvalue weighted by Gasteiger charge is 2.20.